The van der Waals surface area contributed by atoms with Gasteiger partial charge in [0.25, 0.3) is 0 Å². The van der Waals surface area contributed by atoms with Crippen molar-refractivity contribution in [1.29, 1.82) is 0 Å². The minimum absolute atomic E-state index is 0.194. The molecule has 0 atom stereocenters. The molecule has 0 radical (unpaired) electrons. The van der Waals surface area contributed by atoms with Crippen LogP contribution in [-0.4, -0.2) is 32.7 Å². The van der Waals surface area contributed by atoms with Gasteiger partial charge in [-0.25, -0.2) is 9.78 Å². The normalized spacial score (nSPS) is 10.6. The largest absolute Gasteiger partial charge is 0.478 e. The van der Waals surface area contributed by atoms with E-state index < -0.39 is 5.97 Å². The lowest BCUT2D eigenvalue weighted by molar-refractivity contribution is 0.0697. The Morgan fingerprint density at radius 3 is 2.70 bits per heavy atom. The summed E-state index contributed by atoms with van der Waals surface area (Å²) < 4.78 is 4.87. The highest BCUT2D eigenvalue weighted by molar-refractivity contribution is 5.94. The molecule has 0 fully saturated rings. The van der Waals surface area contributed by atoms with E-state index in [1.165, 1.54) is 0 Å². The summed E-state index contributed by atoms with van der Waals surface area (Å²) in [5.74, 6) is 0.468. The molecule has 0 saturated heterocycles. The number of hydrogen-bond donors (Lipinski definition) is 2. The van der Waals surface area contributed by atoms with Crippen LogP contribution in [0, 0.1) is 20.8 Å². The zero-order chi connectivity index (χ0) is 14.7. The molecule has 2 rings (SSSR count). The van der Waals surface area contributed by atoms with Crippen LogP contribution in [0.25, 0.3) is 0 Å². The number of nitrogens with zero attached hydrogens (tertiary/aromatic N) is 3. The molecule has 7 heteroatoms. The maximum absolute atomic E-state index is 11.3. The quantitative estimate of drug-likeness (QED) is 0.857. The fourth-order valence-electron chi connectivity index (χ4n) is 1.97. The van der Waals surface area contributed by atoms with Crippen molar-refractivity contribution in [3.8, 4) is 0 Å². The molecule has 0 spiro atoms. The van der Waals surface area contributed by atoms with Gasteiger partial charge in [-0.15, -0.1) is 0 Å². The molecule has 0 amide bonds. The van der Waals surface area contributed by atoms with E-state index in [9.17, 15) is 9.90 Å². The third-order valence-corrected chi connectivity index (χ3v) is 2.77. The van der Waals surface area contributed by atoms with Crippen LogP contribution in [0.2, 0.25) is 0 Å². The van der Waals surface area contributed by atoms with Crippen LogP contribution in [0.3, 0.4) is 0 Å². The smallest absolute Gasteiger partial charge is 0.339 e. The summed E-state index contributed by atoms with van der Waals surface area (Å²) in [5.41, 5.74) is 1.65. The zero-order valence-corrected chi connectivity index (χ0v) is 11.6. The first kappa shape index (κ1) is 14.0. The van der Waals surface area contributed by atoms with Crippen molar-refractivity contribution in [3.63, 3.8) is 0 Å². The summed E-state index contributed by atoms with van der Waals surface area (Å²) in [6.45, 7) is 5.78. The summed E-state index contributed by atoms with van der Waals surface area (Å²) in [4.78, 5) is 19.6. The van der Waals surface area contributed by atoms with Crippen molar-refractivity contribution >= 4 is 11.8 Å². The second-order valence-corrected chi connectivity index (χ2v) is 4.52. The number of carboxylic acids is 1. The molecule has 0 aliphatic rings. The standard InChI is InChI=1S/C13H16N4O3/c1-7-6-8(2)15-12(11(7)13(18)19)14-5-4-10-16-9(3)20-17-10/h6H,4-5H2,1-3H3,(H,14,15)(H,18,19). The van der Waals surface area contributed by atoms with Crippen molar-refractivity contribution in [2.24, 2.45) is 0 Å². The van der Waals surface area contributed by atoms with Gasteiger partial charge in [0.1, 0.15) is 11.4 Å². The van der Waals surface area contributed by atoms with Crippen molar-refractivity contribution in [2.75, 3.05) is 11.9 Å². The molecule has 0 bridgehead atoms. The van der Waals surface area contributed by atoms with Gasteiger partial charge in [0.15, 0.2) is 5.82 Å². The molecule has 2 aromatic heterocycles. The van der Waals surface area contributed by atoms with Crippen molar-refractivity contribution in [3.05, 3.63) is 34.6 Å². The molecule has 7 nitrogen and oxygen atoms in total. The summed E-state index contributed by atoms with van der Waals surface area (Å²) in [6, 6.07) is 1.75. The highest BCUT2D eigenvalue weighted by atomic mass is 16.5. The monoisotopic (exact) mass is 276 g/mol. The molecule has 0 aromatic carbocycles. The molecule has 2 aromatic rings. The topological polar surface area (TPSA) is 101 Å². The number of rotatable bonds is 5. The van der Waals surface area contributed by atoms with Crippen LogP contribution < -0.4 is 5.32 Å². The number of aromatic carboxylic acids is 1. The summed E-state index contributed by atoms with van der Waals surface area (Å²) >= 11 is 0. The Kier molecular flexibility index (Phi) is 3.97. The number of pyridine rings is 1. The highest BCUT2D eigenvalue weighted by Gasteiger charge is 2.15. The average molecular weight is 276 g/mol. The lowest BCUT2D eigenvalue weighted by Gasteiger charge is -2.11. The first-order valence-corrected chi connectivity index (χ1v) is 6.22. The zero-order valence-electron chi connectivity index (χ0n) is 11.6. The van der Waals surface area contributed by atoms with E-state index in [1.54, 1.807) is 19.9 Å². The van der Waals surface area contributed by atoms with Gasteiger partial charge < -0.3 is 14.9 Å². The van der Waals surface area contributed by atoms with E-state index in [0.29, 0.717) is 36.1 Å². The molecule has 0 aliphatic heterocycles. The Hall–Kier alpha value is -2.44. The summed E-state index contributed by atoms with van der Waals surface area (Å²) in [7, 11) is 0. The second kappa shape index (κ2) is 5.68. The Balaban J connectivity index is 2.10. The van der Waals surface area contributed by atoms with Gasteiger partial charge in [0.05, 0.1) is 0 Å². The van der Waals surface area contributed by atoms with Crippen LogP contribution in [0.1, 0.15) is 33.3 Å². The predicted octanol–water partition coefficient (Wildman–Crippen LogP) is 1.74. The summed E-state index contributed by atoms with van der Waals surface area (Å²) in [6.07, 6.45) is 0.533. The molecule has 2 N–H and O–H groups in total. The van der Waals surface area contributed by atoms with Crippen molar-refractivity contribution in [2.45, 2.75) is 27.2 Å². The van der Waals surface area contributed by atoms with E-state index in [1.807, 2.05) is 6.92 Å². The molecule has 0 unspecified atom stereocenters. The number of aromatic nitrogens is 3. The average Bonchev–Trinajstić information content (AvgIpc) is 2.73. The second-order valence-electron chi connectivity index (χ2n) is 4.52. The highest BCUT2D eigenvalue weighted by Crippen LogP contribution is 2.18. The summed E-state index contributed by atoms with van der Waals surface area (Å²) in [5, 5.41) is 16.0. The lowest BCUT2D eigenvalue weighted by Crippen LogP contribution is -2.13. The minimum Gasteiger partial charge on any atom is -0.478 e. The van der Waals surface area contributed by atoms with Gasteiger partial charge in [-0.05, 0) is 25.5 Å². The van der Waals surface area contributed by atoms with E-state index in [2.05, 4.69) is 20.4 Å². The third kappa shape index (κ3) is 3.11. The fourth-order valence-corrected chi connectivity index (χ4v) is 1.97. The fraction of sp³-hybridized carbons (Fsp3) is 0.385. The predicted molar refractivity (Wildman–Crippen MR) is 71.9 cm³/mol. The van der Waals surface area contributed by atoms with Crippen molar-refractivity contribution < 1.29 is 14.4 Å². The third-order valence-electron chi connectivity index (χ3n) is 2.77. The van der Waals surface area contributed by atoms with Crippen LogP contribution >= 0.6 is 0 Å². The molecule has 20 heavy (non-hydrogen) atoms. The maximum Gasteiger partial charge on any atom is 0.339 e. The Labute approximate surface area is 116 Å². The van der Waals surface area contributed by atoms with Gasteiger partial charge in [0, 0.05) is 25.6 Å². The number of nitrogens with one attached hydrogen (secondary N) is 1. The van der Waals surface area contributed by atoms with E-state index in [-0.39, 0.29) is 5.56 Å². The number of carboxylic acid groups (broad SMARTS) is 1. The van der Waals surface area contributed by atoms with Crippen LogP contribution in [-0.2, 0) is 6.42 Å². The molecular formula is C13H16N4O3. The number of anilines is 1. The minimum atomic E-state index is -0.993. The Bertz CT molecular complexity index is 637. The SMILES string of the molecule is Cc1cc(C)c(C(=O)O)c(NCCc2noc(C)n2)n1. The molecular weight excluding hydrogens is 260 g/mol. The van der Waals surface area contributed by atoms with E-state index >= 15 is 0 Å². The lowest BCUT2D eigenvalue weighted by atomic mass is 10.1. The number of carbonyl (C=O) groups is 1. The number of hydrogen-bond acceptors (Lipinski definition) is 6. The van der Waals surface area contributed by atoms with E-state index in [0.717, 1.165) is 5.69 Å². The van der Waals surface area contributed by atoms with Crippen LogP contribution in [0.15, 0.2) is 10.6 Å². The van der Waals surface area contributed by atoms with Gasteiger partial charge in [-0.3, -0.25) is 0 Å². The van der Waals surface area contributed by atoms with Gasteiger partial charge >= 0.3 is 5.97 Å². The van der Waals surface area contributed by atoms with Gasteiger partial charge in [-0.2, -0.15) is 4.98 Å². The Morgan fingerprint density at radius 2 is 2.10 bits per heavy atom. The molecule has 106 valence electrons. The van der Waals surface area contributed by atoms with Gasteiger partial charge in [-0.1, -0.05) is 5.16 Å². The maximum atomic E-state index is 11.3. The molecule has 0 saturated carbocycles. The number of aryl methyl sites for hydroxylation is 3. The van der Waals surface area contributed by atoms with Crippen LogP contribution in [0.5, 0.6) is 0 Å². The van der Waals surface area contributed by atoms with Crippen LogP contribution in [0.4, 0.5) is 5.82 Å². The molecule has 0 aliphatic carbocycles. The first-order chi connectivity index (χ1) is 9.47. The van der Waals surface area contributed by atoms with Crippen molar-refractivity contribution in [1.82, 2.24) is 15.1 Å². The Morgan fingerprint density at radius 1 is 1.35 bits per heavy atom. The molecule has 2 heterocycles. The van der Waals surface area contributed by atoms with Gasteiger partial charge in [0.2, 0.25) is 5.89 Å². The van der Waals surface area contributed by atoms with E-state index in [4.69, 9.17) is 4.52 Å². The first-order valence-electron chi connectivity index (χ1n) is 6.22.